The molecule has 0 aliphatic heterocycles. The number of rotatable bonds is 8. The van der Waals surface area contributed by atoms with Crippen LogP contribution >= 0.6 is 11.6 Å². The molecule has 3 aromatic carbocycles. The van der Waals surface area contributed by atoms with E-state index in [4.69, 9.17) is 16.3 Å². The van der Waals surface area contributed by atoms with Crippen molar-refractivity contribution >= 4 is 11.6 Å². The highest BCUT2D eigenvalue weighted by Crippen LogP contribution is 2.27. The van der Waals surface area contributed by atoms with Gasteiger partial charge in [0.1, 0.15) is 18.5 Å². The van der Waals surface area contributed by atoms with Crippen molar-refractivity contribution in [1.29, 1.82) is 0 Å². The number of fused-ring (bicyclic) bond motifs is 1. The molecule has 0 bridgehead atoms. The van der Waals surface area contributed by atoms with E-state index in [1.165, 1.54) is 16.7 Å². The second-order valence-electron chi connectivity index (χ2n) is 8.36. The fourth-order valence-corrected chi connectivity index (χ4v) is 4.61. The van der Waals surface area contributed by atoms with Crippen molar-refractivity contribution in [1.82, 2.24) is 4.90 Å². The van der Waals surface area contributed by atoms with E-state index in [9.17, 15) is 5.11 Å². The molecular formula is C27H30Cl2NO2-. The van der Waals surface area contributed by atoms with Crippen LogP contribution in [0.5, 0.6) is 5.75 Å². The monoisotopic (exact) mass is 470 g/mol. The van der Waals surface area contributed by atoms with E-state index in [0.29, 0.717) is 12.6 Å². The van der Waals surface area contributed by atoms with Crippen molar-refractivity contribution in [2.45, 2.75) is 44.4 Å². The highest BCUT2D eigenvalue weighted by Gasteiger charge is 2.25. The van der Waals surface area contributed by atoms with Crippen LogP contribution in [-0.4, -0.2) is 35.3 Å². The Bertz CT molecular complexity index is 952. The van der Waals surface area contributed by atoms with E-state index < -0.39 is 6.10 Å². The lowest BCUT2D eigenvalue weighted by molar-refractivity contribution is -0.00000853. The molecule has 0 aromatic heterocycles. The smallest absolute Gasteiger partial charge is 0.119 e. The maximum atomic E-state index is 10.8. The van der Waals surface area contributed by atoms with Crippen molar-refractivity contribution in [2.24, 2.45) is 0 Å². The Balaban J connectivity index is 0.00000289. The summed E-state index contributed by atoms with van der Waals surface area (Å²) in [5.74, 6) is 0.786. The topological polar surface area (TPSA) is 32.7 Å². The predicted molar refractivity (Wildman–Crippen MR) is 127 cm³/mol. The highest BCUT2D eigenvalue weighted by molar-refractivity contribution is 6.30. The fraction of sp³-hybridized carbons (Fsp3) is 0.333. The van der Waals surface area contributed by atoms with Crippen LogP contribution in [0.4, 0.5) is 0 Å². The lowest BCUT2D eigenvalue weighted by Gasteiger charge is -2.33. The number of para-hydroxylation sites is 1. The summed E-state index contributed by atoms with van der Waals surface area (Å²) in [6.45, 7) is 1.66. The van der Waals surface area contributed by atoms with Crippen LogP contribution in [-0.2, 0) is 19.4 Å². The number of hydrogen-bond donors (Lipinski definition) is 1. The third-order valence-corrected chi connectivity index (χ3v) is 6.22. The molecule has 1 N–H and O–H groups in total. The number of nitrogens with zero attached hydrogens (tertiary/aromatic N) is 1. The predicted octanol–water partition coefficient (Wildman–Crippen LogP) is 2.53. The molecule has 0 heterocycles. The minimum absolute atomic E-state index is 0. The lowest BCUT2D eigenvalue weighted by Crippen LogP contribution is -3.00. The second-order valence-corrected chi connectivity index (χ2v) is 8.79. The number of ether oxygens (including phenoxy) is 1. The largest absolute Gasteiger partial charge is 1.00 e. The molecule has 2 unspecified atom stereocenters. The highest BCUT2D eigenvalue weighted by atomic mass is 35.5. The number of aryl methyl sites for hydroxylation is 1. The summed E-state index contributed by atoms with van der Waals surface area (Å²) in [5.41, 5.74) is 4.00. The van der Waals surface area contributed by atoms with Gasteiger partial charge in [-0.15, -0.1) is 0 Å². The van der Waals surface area contributed by atoms with E-state index in [-0.39, 0.29) is 19.0 Å². The third-order valence-electron chi connectivity index (χ3n) is 5.98. The van der Waals surface area contributed by atoms with Gasteiger partial charge in [-0.3, -0.25) is 4.90 Å². The molecule has 1 aliphatic carbocycles. The first kappa shape index (κ1) is 24.6. The first-order valence-corrected chi connectivity index (χ1v) is 11.5. The van der Waals surface area contributed by atoms with Gasteiger partial charge in [0, 0.05) is 24.2 Å². The average Bonchev–Trinajstić information content (AvgIpc) is 3.01. The Morgan fingerprint density at radius 3 is 2.44 bits per heavy atom. The summed E-state index contributed by atoms with van der Waals surface area (Å²) in [7, 11) is 0. The fourth-order valence-electron chi connectivity index (χ4n) is 4.42. The quantitative estimate of drug-likeness (QED) is 0.513. The summed E-state index contributed by atoms with van der Waals surface area (Å²) in [4.78, 5) is 2.42. The Kier molecular flexibility index (Phi) is 9.43. The van der Waals surface area contributed by atoms with E-state index in [1.807, 2.05) is 42.5 Å². The van der Waals surface area contributed by atoms with Gasteiger partial charge in [-0.05, 0) is 66.6 Å². The van der Waals surface area contributed by atoms with Gasteiger partial charge in [-0.2, -0.15) is 0 Å². The van der Waals surface area contributed by atoms with Crippen molar-refractivity contribution in [3.8, 4) is 5.75 Å². The van der Waals surface area contributed by atoms with E-state index in [0.717, 1.165) is 43.0 Å². The first-order chi connectivity index (χ1) is 15.2. The van der Waals surface area contributed by atoms with Crippen LogP contribution in [0, 0.1) is 0 Å². The lowest BCUT2D eigenvalue weighted by atomic mass is 10.00. The molecule has 32 heavy (non-hydrogen) atoms. The van der Waals surface area contributed by atoms with E-state index in [1.54, 1.807) is 0 Å². The van der Waals surface area contributed by atoms with E-state index >= 15 is 0 Å². The maximum Gasteiger partial charge on any atom is 0.119 e. The molecule has 0 spiro atoms. The number of benzene rings is 3. The molecule has 3 aromatic rings. The second kappa shape index (κ2) is 12.3. The SMILES string of the molecule is OC(COc1ccccc1)CN(Cc1ccccc1)C1CCCc2ccc(Cl)cc2C1.[Cl-]. The third kappa shape index (κ3) is 6.98. The zero-order valence-corrected chi connectivity index (χ0v) is 19.7. The summed E-state index contributed by atoms with van der Waals surface area (Å²) in [6.07, 6.45) is 3.72. The van der Waals surface area contributed by atoms with Crippen LogP contribution in [0.2, 0.25) is 5.02 Å². The van der Waals surface area contributed by atoms with Gasteiger partial charge in [0.15, 0.2) is 0 Å². The number of hydrogen-bond acceptors (Lipinski definition) is 3. The van der Waals surface area contributed by atoms with Crippen LogP contribution in [0.3, 0.4) is 0 Å². The first-order valence-electron chi connectivity index (χ1n) is 11.1. The summed E-state index contributed by atoms with van der Waals surface area (Å²) >= 11 is 6.30. The minimum Gasteiger partial charge on any atom is -1.00 e. The Morgan fingerprint density at radius 1 is 0.969 bits per heavy atom. The molecule has 0 amide bonds. The summed E-state index contributed by atoms with van der Waals surface area (Å²) in [5, 5.41) is 11.6. The Labute approximate surface area is 202 Å². The summed E-state index contributed by atoms with van der Waals surface area (Å²) in [6, 6.07) is 26.8. The molecular weight excluding hydrogens is 441 g/mol. The summed E-state index contributed by atoms with van der Waals surface area (Å²) < 4.78 is 5.81. The maximum absolute atomic E-state index is 10.8. The van der Waals surface area contributed by atoms with Gasteiger partial charge < -0.3 is 22.3 Å². The van der Waals surface area contributed by atoms with Gasteiger partial charge in [0.05, 0.1) is 0 Å². The van der Waals surface area contributed by atoms with Gasteiger partial charge >= 0.3 is 0 Å². The van der Waals surface area contributed by atoms with Crippen LogP contribution < -0.4 is 17.1 Å². The zero-order chi connectivity index (χ0) is 21.5. The molecule has 0 radical (unpaired) electrons. The van der Waals surface area contributed by atoms with Gasteiger partial charge in [0.25, 0.3) is 0 Å². The van der Waals surface area contributed by atoms with Gasteiger partial charge in [0.2, 0.25) is 0 Å². The van der Waals surface area contributed by atoms with Gasteiger partial charge in [-0.25, -0.2) is 0 Å². The van der Waals surface area contributed by atoms with Crippen LogP contribution in [0.1, 0.15) is 29.5 Å². The molecule has 4 rings (SSSR count). The molecule has 2 atom stereocenters. The van der Waals surface area contributed by atoms with E-state index in [2.05, 4.69) is 41.3 Å². The Hall–Kier alpha value is -2.04. The number of aliphatic hydroxyl groups is 1. The average molecular weight is 471 g/mol. The standard InChI is InChI=1S/C27H30ClNO2.ClH/c28-24-15-14-22-10-7-11-25(17-23(22)16-24)29(18-21-8-3-1-4-9-21)19-26(30)20-31-27-12-5-2-6-13-27;/h1-6,8-9,12-16,25-26,30H,7,10-11,17-20H2;1H/p-1. The molecule has 0 saturated carbocycles. The molecule has 1 aliphatic rings. The van der Waals surface area contributed by atoms with Crippen molar-refractivity contribution in [3.05, 3.63) is 101 Å². The zero-order valence-electron chi connectivity index (χ0n) is 18.2. The number of halogens is 2. The van der Waals surface area contributed by atoms with Crippen LogP contribution in [0.15, 0.2) is 78.9 Å². The van der Waals surface area contributed by atoms with Gasteiger partial charge in [-0.1, -0.05) is 66.2 Å². The Morgan fingerprint density at radius 2 is 1.69 bits per heavy atom. The normalized spacial score (nSPS) is 16.5. The van der Waals surface area contributed by atoms with Crippen molar-refractivity contribution in [2.75, 3.05) is 13.2 Å². The minimum atomic E-state index is -0.564. The molecule has 5 heteroatoms. The molecule has 0 saturated heterocycles. The number of aliphatic hydroxyl groups excluding tert-OH is 1. The van der Waals surface area contributed by atoms with Crippen molar-refractivity contribution < 1.29 is 22.3 Å². The molecule has 3 nitrogen and oxygen atoms in total. The van der Waals surface area contributed by atoms with Crippen molar-refractivity contribution in [3.63, 3.8) is 0 Å². The molecule has 170 valence electrons. The molecule has 0 fully saturated rings. The van der Waals surface area contributed by atoms with Crippen LogP contribution in [0.25, 0.3) is 0 Å².